The number of aromatic nitrogens is 1. The van der Waals surface area contributed by atoms with Gasteiger partial charge in [0.25, 0.3) is 0 Å². The number of hydrogen-bond acceptors (Lipinski definition) is 1. The molecule has 0 aliphatic rings. The number of pyridine rings is 1. The maximum absolute atomic E-state index is 5.95. The monoisotopic (exact) mass is 387 g/mol. The van der Waals surface area contributed by atoms with Crippen molar-refractivity contribution >= 4 is 43.5 Å². The molecule has 1 heterocycles. The van der Waals surface area contributed by atoms with Crippen molar-refractivity contribution in [2.45, 2.75) is 18.2 Å². The van der Waals surface area contributed by atoms with Gasteiger partial charge in [0, 0.05) is 32.6 Å². The lowest BCUT2D eigenvalue weighted by molar-refractivity contribution is 0.888. The first-order valence-electron chi connectivity index (χ1n) is 5.57. The van der Waals surface area contributed by atoms with E-state index in [0.29, 0.717) is 0 Å². The Balaban J connectivity index is 2.22. The summed E-state index contributed by atoms with van der Waals surface area (Å²) in [6, 6.07) is 9.89. The van der Waals surface area contributed by atoms with E-state index < -0.39 is 0 Å². The fraction of sp³-hybridized carbons (Fsp3) is 0.214. The molecule has 18 heavy (non-hydrogen) atoms. The van der Waals surface area contributed by atoms with Crippen LogP contribution in [0.25, 0.3) is 0 Å². The molecule has 0 N–H and O–H groups in total. The highest BCUT2D eigenvalue weighted by Gasteiger charge is 2.14. The molecule has 94 valence electrons. The van der Waals surface area contributed by atoms with Crippen LogP contribution in [0.5, 0.6) is 0 Å². The standard InChI is InChI=1S/C14H12Br2ClN/c1-9-3-2-6-18-14(9)8-13(16)11-5-4-10(17)7-12(11)15/h2-7,13H,8H2,1H3. The normalized spacial score (nSPS) is 12.4. The number of nitrogens with zero attached hydrogens (tertiary/aromatic N) is 1. The van der Waals surface area contributed by atoms with Gasteiger partial charge in [-0.1, -0.05) is 55.6 Å². The smallest absolute Gasteiger partial charge is 0.0461 e. The van der Waals surface area contributed by atoms with Crippen molar-refractivity contribution in [1.29, 1.82) is 0 Å². The molecule has 2 rings (SSSR count). The van der Waals surface area contributed by atoms with Gasteiger partial charge in [-0.15, -0.1) is 0 Å². The van der Waals surface area contributed by atoms with Crippen molar-refractivity contribution < 1.29 is 0 Å². The number of benzene rings is 1. The van der Waals surface area contributed by atoms with Crippen molar-refractivity contribution in [1.82, 2.24) is 4.98 Å². The van der Waals surface area contributed by atoms with E-state index in [-0.39, 0.29) is 4.83 Å². The van der Waals surface area contributed by atoms with Gasteiger partial charge in [0.2, 0.25) is 0 Å². The minimum Gasteiger partial charge on any atom is -0.261 e. The predicted molar refractivity (Wildman–Crippen MR) is 83.5 cm³/mol. The highest BCUT2D eigenvalue weighted by Crippen LogP contribution is 2.34. The van der Waals surface area contributed by atoms with E-state index in [0.717, 1.165) is 21.6 Å². The van der Waals surface area contributed by atoms with Gasteiger partial charge in [0.15, 0.2) is 0 Å². The van der Waals surface area contributed by atoms with Crippen LogP contribution in [-0.2, 0) is 6.42 Å². The second-order valence-electron chi connectivity index (χ2n) is 4.10. The third-order valence-corrected chi connectivity index (χ3v) is 4.53. The second kappa shape index (κ2) is 6.18. The summed E-state index contributed by atoms with van der Waals surface area (Å²) in [5.41, 5.74) is 3.51. The average Bonchev–Trinajstić information content (AvgIpc) is 2.32. The van der Waals surface area contributed by atoms with Gasteiger partial charge in [0.1, 0.15) is 0 Å². The van der Waals surface area contributed by atoms with E-state index in [4.69, 9.17) is 11.6 Å². The largest absolute Gasteiger partial charge is 0.261 e. The van der Waals surface area contributed by atoms with Gasteiger partial charge in [-0.25, -0.2) is 0 Å². The Morgan fingerprint density at radius 1 is 1.33 bits per heavy atom. The molecule has 0 spiro atoms. The molecule has 1 aromatic heterocycles. The van der Waals surface area contributed by atoms with Crippen LogP contribution >= 0.6 is 43.5 Å². The number of halogens is 3. The first-order valence-corrected chi connectivity index (χ1v) is 7.66. The van der Waals surface area contributed by atoms with Crippen LogP contribution in [0, 0.1) is 6.92 Å². The minimum absolute atomic E-state index is 0.220. The van der Waals surface area contributed by atoms with E-state index >= 15 is 0 Å². The third-order valence-electron chi connectivity index (χ3n) is 2.79. The van der Waals surface area contributed by atoms with Crippen molar-refractivity contribution in [3.05, 3.63) is 62.8 Å². The molecule has 1 aromatic carbocycles. The summed E-state index contributed by atoms with van der Waals surface area (Å²) in [6.07, 6.45) is 2.69. The first-order chi connectivity index (χ1) is 8.58. The van der Waals surface area contributed by atoms with E-state index in [2.05, 4.69) is 49.8 Å². The summed E-state index contributed by atoms with van der Waals surface area (Å²) < 4.78 is 1.02. The van der Waals surface area contributed by atoms with Gasteiger partial charge in [-0.2, -0.15) is 0 Å². The molecule has 0 amide bonds. The molecule has 0 radical (unpaired) electrons. The van der Waals surface area contributed by atoms with Crippen molar-refractivity contribution in [2.75, 3.05) is 0 Å². The zero-order valence-corrected chi connectivity index (χ0v) is 13.8. The molecule has 2 aromatic rings. The van der Waals surface area contributed by atoms with Crippen LogP contribution in [0.15, 0.2) is 41.0 Å². The van der Waals surface area contributed by atoms with Gasteiger partial charge < -0.3 is 0 Å². The highest BCUT2D eigenvalue weighted by molar-refractivity contribution is 9.11. The van der Waals surface area contributed by atoms with Crippen LogP contribution in [0.4, 0.5) is 0 Å². The van der Waals surface area contributed by atoms with Crippen LogP contribution in [0.2, 0.25) is 5.02 Å². The van der Waals surface area contributed by atoms with E-state index in [9.17, 15) is 0 Å². The first kappa shape index (κ1) is 14.0. The molecule has 0 aliphatic carbocycles. The molecular weight excluding hydrogens is 377 g/mol. The molecule has 1 nitrogen and oxygen atoms in total. The Morgan fingerprint density at radius 2 is 2.11 bits per heavy atom. The molecule has 1 unspecified atom stereocenters. The minimum atomic E-state index is 0.220. The van der Waals surface area contributed by atoms with Crippen LogP contribution in [-0.4, -0.2) is 4.98 Å². The number of alkyl halides is 1. The molecule has 0 bridgehead atoms. The topological polar surface area (TPSA) is 12.9 Å². The summed E-state index contributed by atoms with van der Waals surface area (Å²) in [5.74, 6) is 0. The Hall–Kier alpha value is -0.380. The zero-order valence-electron chi connectivity index (χ0n) is 9.83. The SMILES string of the molecule is Cc1cccnc1CC(Br)c1ccc(Cl)cc1Br. The van der Waals surface area contributed by atoms with Gasteiger partial charge >= 0.3 is 0 Å². The molecule has 0 aliphatic heterocycles. The van der Waals surface area contributed by atoms with Crippen molar-refractivity contribution in [3.63, 3.8) is 0 Å². The third kappa shape index (κ3) is 3.34. The van der Waals surface area contributed by atoms with E-state index in [1.807, 2.05) is 30.5 Å². The summed E-state index contributed by atoms with van der Waals surface area (Å²) in [5, 5.41) is 0.736. The van der Waals surface area contributed by atoms with Crippen molar-refractivity contribution in [3.8, 4) is 0 Å². The second-order valence-corrected chi connectivity index (χ2v) is 6.50. The average molecular weight is 390 g/mol. The molecule has 1 atom stereocenters. The molecule has 0 saturated carbocycles. The van der Waals surface area contributed by atoms with Gasteiger partial charge in [-0.3, -0.25) is 4.98 Å². The summed E-state index contributed by atoms with van der Waals surface area (Å²) >= 11 is 13.2. The van der Waals surface area contributed by atoms with Crippen LogP contribution < -0.4 is 0 Å². The number of aryl methyl sites for hydroxylation is 1. The lowest BCUT2D eigenvalue weighted by atomic mass is 10.1. The summed E-state index contributed by atoms with van der Waals surface area (Å²) in [4.78, 5) is 4.64. The lowest BCUT2D eigenvalue weighted by Crippen LogP contribution is -2.00. The van der Waals surface area contributed by atoms with Crippen LogP contribution in [0.3, 0.4) is 0 Å². The molecule has 0 saturated heterocycles. The maximum Gasteiger partial charge on any atom is 0.0461 e. The number of hydrogen-bond donors (Lipinski definition) is 0. The fourth-order valence-corrected chi connectivity index (χ4v) is 3.74. The Labute approximate surface area is 129 Å². The maximum atomic E-state index is 5.95. The van der Waals surface area contributed by atoms with E-state index in [1.54, 1.807) is 0 Å². The Kier molecular flexibility index (Phi) is 4.82. The molecular formula is C14H12Br2ClN. The highest BCUT2D eigenvalue weighted by atomic mass is 79.9. The van der Waals surface area contributed by atoms with Gasteiger partial charge in [0.05, 0.1) is 0 Å². The van der Waals surface area contributed by atoms with Crippen LogP contribution in [0.1, 0.15) is 21.6 Å². The molecule has 0 fully saturated rings. The quantitative estimate of drug-likeness (QED) is 0.633. The van der Waals surface area contributed by atoms with Gasteiger partial charge in [-0.05, 0) is 36.2 Å². The Bertz CT molecular complexity index is 557. The zero-order chi connectivity index (χ0) is 13.1. The fourth-order valence-electron chi connectivity index (χ4n) is 1.77. The summed E-state index contributed by atoms with van der Waals surface area (Å²) in [7, 11) is 0. The molecule has 4 heteroatoms. The van der Waals surface area contributed by atoms with Crippen molar-refractivity contribution in [2.24, 2.45) is 0 Å². The predicted octanol–water partition coefficient (Wildman–Crippen LogP) is 5.48. The lowest BCUT2D eigenvalue weighted by Gasteiger charge is -2.13. The Morgan fingerprint density at radius 3 is 2.78 bits per heavy atom. The number of rotatable bonds is 3. The van der Waals surface area contributed by atoms with E-state index in [1.165, 1.54) is 11.1 Å². The summed E-state index contributed by atoms with van der Waals surface area (Å²) in [6.45, 7) is 2.08.